The molecule has 0 unspecified atom stereocenters. The van der Waals surface area contributed by atoms with E-state index in [4.69, 9.17) is 9.47 Å². The Morgan fingerprint density at radius 3 is 2.57 bits per heavy atom. The Kier molecular flexibility index (Phi) is 6.19. The highest BCUT2D eigenvalue weighted by atomic mass is 16.5. The van der Waals surface area contributed by atoms with Crippen molar-refractivity contribution in [2.24, 2.45) is 0 Å². The van der Waals surface area contributed by atoms with Crippen LogP contribution >= 0.6 is 0 Å². The van der Waals surface area contributed by atoms with Gasteiger partial charge in [0.1, 0.15) is 11.5 Å². The number of piperidine rings is 1. The van der Waals surface area contributed by atoms with Crippen LogP contribution in [0, 0.1) is 0 Å². The van der Waals surface area contributed by atoms with Gasteiger partial charge in [-0.1, -0.05) is 30.3 Å². The molecule has 0 saturated carbocycles. The third kappa shape index (κ3) is 4.57. The van der Waals surface area contributed by atoms with E-state index in [0.717, 1.165) is 43.6 Å². The highest BCUT2D eigenvalue weighted by Crippen LogP contribution is 2.27. The Hall–Kier alpha value is -3.05. The van der Waals surface area contributed by atoms with Crippen LogP contribution in [0.5, 0.6) is 11.5 Å². The minimum absolute atomic E-state index is 0.0316. The summed E-state index contributed by atoms with van der Waals surface area (Å²) in [4.78, 5) is 15.0. The monoisotopic (exact) mass is 404 g/mol. The average molecular weight is 405 g/mol. The first-order valence-corrected chi connectivity index (χ1v) is 10.4. The van der Waals surface area contributed by atoms with E-state index < -0.39 is 0 Å². The molecule has 1 N–H and O–H groups in total. The molecular formula is C25H28N2O3. The van der Waals surface area contributed by atoms with Crippen molar-refractivity contribution in [1.82, 2.24) is 10.2 Å². The van der Waals surface area contributed by atoms with Crippen molar-refractivity contribution >= 4 is 16.7 Å². The third-order valence-corrected chi connectivity index (χ3v) is 5.79. The number of nitrogens with one attached hydrogen (secondary N) is 1. The number of carbonyl (C=O) groups excluding carboxylic acids is 1. The number of rotatable bonds is 6. The van der Waals surface area contributed by atoms with Crippen LogP contribution in [0.1, 0.15) is 28.8 Å². The molecule has 0 bridgehead atoms. The number of benzene rings is 3. The summed E-state index contributed by atoms with van der Waals surface area (Å²) >= 11 is 0. The Morgan fingerprint density at radius 2 is 1.80 bits per heavy atom. The summed E-state index contributed by atoms with van der Waals surface area (Å²) in [5.41, 5.74) is 1.94. The number of ether oxygens (including phenoxy) is 2. The number of amides is 1. The van der Waals surface area contributed by atoms with Gasteiger partial charge < -0.3 is 14.8 Å². The molecule has 0 spiro atoms. The van der Waals surface area contributed by atoms with Gasteiger partial charge in [0.05, 0.1) is 14.2 Å². The van der Waals surface area contributed by atoms with E-state index >= 15 is 0 Å². The number of fused-ring (bicyclic) bond motifs is 1. The Bertz CT molecular complexity index is 1030. The van der Waals surface area contributed by atoms with Crippen LogP contribution in [0.15, 0.2) is 60.7 Å². The van der Waals surface area contributed by atoms with Crippen molar-refractivity contribution < 1.29 is 14.3 Å². The third-order valence-electron chi connectivity index (χ3n) is 5.79. The SMILES string of the molecule is COc1cccc(C(=O)NC2CCN(Cc3ccc4c(OC)cccc4c3)CC2)c1. The lowest BCUT2D eigenvalue weighted by Gasteiger charge is -2.32. The molecule has 1 fully saturated rings. The molecule has 0 radical (unpaired) electrons. The van der Waals surface area contributed by atoms with Gasteiger partial charge in [-0.15, -0.1) is 0 Å². The summed E-state index contributed by atoms with van der Waals surface area (Å²) in [7, 11) is 3.32. The second kappa shape index (κ2) is 9.18. The minimum Gasteiger partial charge on any atom is -0.497 e. The quantitative estimate of drug-likeness (QED) is 0.667. The maximum atomic E-state index is 12.5. The molecule has 5 heteroatoms. The Labute approximate surface area is 177 Å². The average Bonchev–Trinajstić information content (AvgIpc) is 2.79. The van der Waals surface area contributed by atoms with E-state index in [1.54, 1.807) is 20.3 Å². The summed E-state index contributed by atoms with van der Waals surface area (Å²) in [6, 6.07) is 20.2. The maximum Gasteiger partial charge on any atom is 0.251 e. The van der Waals surface area contributed by atoms with Crippen molar-refractivity contribution in [3.8, 4) is 11.5 Å². The van der Waals surface area contributed by atoms with Gasteiger partial charge in [0.25, 0.3) is 5.91 Å². The number of likely N-dealkylation sites (tertiary alicyclic amines) is 1. The molecule has 4 rings (SSSR count). The van der Waals surface area contributed by atoms with Crippen LogP contribution in [0.3, 0.4) is 0 Å². The summed E-state index contributed by atoms with van der Waals surface area (Å²) in [5.74, 6) is 1.58. The van der Waals surface area contributed by atoms with Gasteiger partial charge in [-0.3, -0.25) is 9.69 Å². The molecule has 0 atom stereocenters. The zero-order valence-corrected chi connectivity index (χ0v) is 17.6. The van der Waals surface area contributed by atoms with E-state index in [1.165, 1.54) is 10.9 Å². The fourth-order valence-corrected chi connectivity index (χ4v) is 4.11. The van der Waals surface area contributed by atoms with Gasteiger partial charge in [-0.25, -0.2) is 0 Å². The van der Waals surface area contributed by atoms with E-state index in [0.29, 0.717) is 11.3 Å². The summed E-state index contributed by atoms with van der Waals surface area (Å²) in [6.45, 7) is 2.86. The van der Waals surface area contributed by atoms with E-state index in [2.05, 4.69) is 34.5 Å². The van der Waals surface area contributed by atoms with Gasteiger partial charge in [0.15, 0.2) is 0 Å². The molecule has 30 heavy (non-hydrogen) atoms. The van der Waals surface area contributed by atoms with E-state index in [-0.39, 0.29) is 11.9 Å². The molecule has 5 nitrogen and oxygen atoms in total. The smallest absolute Gasteiger partial charge is 0.251 e. The van der Waals surface area contributed by atoms with Gasteiger partial charge in [-0.05, 0) is 54.1 Å². The first-order valence-electron chi connectivity index (χ1n) is 10.4. The highest BCUT2D eigenvalue weighted by Gasteiger charge is 2.21. The van der Waals surface area contributed by atoms with Crippen LogP contribution < -0.4 is 14.8 Å². The van der Waals surface area contributed by atoms with E-state index in [9.17, 15) is 4.79 Å². The molecule has 1 amide bonds. The maximum absolute atomic E-state index is 12.5. The second-order valence-corrected chi connectivity index (χ2v) is 7.77. The first-order chi connectivity index (χ1) is 14.7. The molecule has 1 heterocycles. The van der Waals surface area contributed by atoms with Crippen LogP contribution in [0.2, 0.25) is 0 Å². The first kappa shape index (κ1) is 20.2. The highest BCUT2D eigenvalue weighted by molar-refractivity contribution is 5.94. The Balaban J connectivity index is 1.32. The number of methoxy groups -OCH3 is 2. The lowest BCUT2D eigenvalue weighted by atomic mass is 10.0. The van der Waals surface area contributed by atoms with Crippen molar-refractivity contribution in [3.05, 3.63) is 71.8 Å². The van der Waals surface area contributed by atoms with Crippen molar-refractivity contribution in [2.45, 2.75) is 25.4 Å². The zero-order chi connectivity index (χ0) is 20.9. The van der Waals surface area contributed by atoms with Crippen molar-refractivity contribution in [1.29, 1.82) is 0 Å². The molecule has 3 aromatic carbocycles. The molecule has 3 aromatic rings. The minimum atomic E-state index is -0.0316. The number of hydrogen-bond donors (Lipinski definition) is 1. The molecular weight excluding hydrogens is 376 g/mol. The van der Waals surface area contributed by atoms with Gasteiger partial charge in [0, 0.05) is 36.6 Å². The molecule has 0 aromatic heterocycles. The lowest BCUT2D eigenvalue weighted by Crippen LogP contribution is -2.44. The van der Waals surface area contributed by atoms with Crippen LogP contribution in [0.25, 0.3) is 10.8 Å². The standard InChI is InChI=1S/C25H28N2O3/c1-29-22-7-3-6-20(16-22)25(28)26-21-11-13-27(14-12-21)17-18-9-10-23-19(15-18)5-4-8-24(23)30-2/h3-10,15-16,21H,11-14,17H2,1-2H3,(H,26,28). The Morgan fingerprint density at radius 1 is 1.00 bits per heavy atom. The zero-order valence-electron chi connectivity index (χ0n) is 17.6. The lowest BCUT2D eigenvalue weighted by molar-refractivity contribution is 0.0908. The normalized spacial score (nSPS) is 15.1. The summed E-state index contributed by atoms with van der Waals surface area (Å²) in [5, 5.41) is 5.52. The molecule has 1 aliphatic heterocycles. The predicted molar refractivity (Wildman–Crippen MR) is 119 cm³/mol. The van der Waals surface area contributed by atoms with Gasteiger partial charge in [-0.2, -0.15) is 0 Å². The van der Waals surface area contributed by atoms with Gasteiger partial charge >= 0.3 is 0 Å². The second-order valence-electron chi connectivity index (χ2n) is 7.77. The number of hydrogen-bond acceptors (Lipinski definition) is 4. The molecule has 0 aliphatic carbocycles. The molecule has 1 aliphatic rings. The van der Waals surface area contributed by atoms with Crippen LogP contribution in [-0.4, -0.2) is 44.2 Å². The molecule has 156 valence electrons. The van der Waals surface area contributed by atoms with Crippen LogP contribution in [0.4, 0.5) is 0 Å². The largest absolute Gasteiger partial charge is 0.497 e. The predicted octanol–water partition coefficient (Wildman–Crippen LogP) is 4.25. The fraction of sp³-hybridized carbons (Fsp3) is 0.320. The topological polar surface area (TPSA) is 50.8 Å². The summed E-state index contributed by atoms with van der Waals surface area (Å²) < 4.78 is 10.7. The fourth-order valence-electron chi connectivity index (χ4n) is 4.11. The van der Waals surface area contributed by atoms with Crippen LogP contribution in [-0.2, 0) is 6.54 Å². The van der Waals surface area contributed by atoms with Crippen molar-refractivity contribution in [3.63, 3.8) is 0 Å². The number of nitrogens with zero attached hydrogens (tertiary/aromatic N) is 1. The van der Waals surface area contributed by atoms with E-state index in [1.807, 2.05) is 30.3 Å². The van der Waals surface area contributed by atoms with Gasteiger partial charge in [0.2, 0.25) is 0 Å². The summed E-state index contributed by atoms with van der Waals surface area (Å²) in [6.07, 6.45) is 1.91. The van der Waals surface area contributed by atoms with Crippen molar-refractivity contribution in [2.75, 3.05) is 27.3 Å². The number of carbonyl (C=O) groups is 1. The molecule has 1 saturated heterocycles.